The fourth-order valence-corrected chi connectivity index (χ4v) is 6.75. The Balaban J connectivity index is 3.70. The summed E-state index contributed by atoms with van der Waals surface area (Å²) in [5, 5.41) is 0. The largest absolute Gasteiger partial charge is 0.358 e. The summed E-state index contributed by atoms with van der Waals surface area (Å²) in [6, 6.07) is 0. The van der Waals surface area contributed by atoms with Crippen LogP contribution in [0, 0.1) is 0 Å². The van der Waals surface area contributed by atoms with Gasteiger partial charge in [-0.2, -0.15) is 0 Å². The smallest absolute Gasteiger partial charge is 0.136 e. The minimum atomic E-state index is 1.17. The summed E-state index contributed by atoms with van der Waals surface area (Å²) in [6.45, 7) is 9.25. The van der Waals surface area contributed by atoms with Crippen molar-refractivity contribution in [3.63, 3.8) is 0 Å². The Morgan fingerprint density at radius 3 is 0.897 bits per heavy atom. The minimum Gasteiger partial charge on any atom is -0.358 e. The minimum absolute atomic E-state index is 1.17. The van der Waals surface area contributed by atoms with Crippen molar-refractivity contribution in [3.05, 3.63) is 0 Å². The fourth-order valence-electron chi connectivity index (χ4n) is 5.57. The Hall–Kier alpha value is 0.240. The van der Waals surface area contributed by atoms with Gasteiger partial charge in [0, 0.05) is 13.1 Å². The summed E-state index contributed by atoms with van der Waals surface area (Å²) in [4.78, 5) is 2.55. The van der Waals surface area contributed by atoms with Crippen molar-refractivity contribution >= 4 is 28.3 Å². The van der Waals surface area contributed by atoms with Crippen LogP contribution in [0.3, 0.4) is 0 Å². The second-order valence-corrected chi connectivity index (χ2v) is 14.0. The van der Waals surface area contributed by atoms with Crippen LogP contribution in [0.15, 0.2) is 0 Å². The molecule has 39 heavy (non-hydrogen) atoms. The van der Waals surface area contributed by atoms with Crippen LogP contribution in [0.2, 0.25) is 0 Å². The van der Waals surface area contributed by atoms with Gasteiger partial charge in [-0.1, -0.05) is 212 Å². The van der Waals surface area contributed by atoms with E-state index in [1.807, 2.05) is 11.8 Å². The van der Waals surface area contributed by atoms with Gasteiger partial charge in [0.05, 0.1) is 0 Å². The number of thioether (sulfide) groups is 1. The number of hydrogen-bond donors (Lipinski definition) is 0. The van der Waals surface area contributed by atoms with Crippen LogP contribution in [0.4, 0.5) is 0 Å². The van der Waals surface area contributed by atoms with Crippen LogP contribution in [0.5, 0.6) is 0 Å². The molecule has 0 aromatic carbocycles. The Kier molecular flexibility index (Phi) is 34.7. The van der Waals surface area contributed by atoms with Gasteiger partial charge < -0.3 is 4.90 Å². The summed E-state index contributed by atoms with van der Waals surface area (Å²) in [6.07, 6.45) is 41.3. The van der Waals surface area contributed by atoms with E-state index in [0.717, 1.165) is 0 Å². The Bertz CT molecular complexity index is 435. The maximum Gasteiger partial charge on any atom is 0.136 e. The average Bonchev–Trinajstić information content (AvgIpc) is 2.95. The summed E-state index contributed by atoms with van der Waals surface area (Å²) < 4.78 is 1.17. The van der Waals surface area contributed by atoms with Gasteiger partial charge in [-0.05, 0) is 25.0 Å². The van der Waals surface area contributed by atoms with E-state index in [1.165, 1.54) is 209 Å². The molecule has 3 heteroatoms. The molecule has 0 atom stereocenters. The van der Waals surface area contributed by atoms with E-state index in [2.05, 4.69) is 25.7 Å². The van der Waals surface area contributed by atoms with Gasteiger partial charge in [-0.15, -0.1) is 0 Å². The van der Waals surface area contributed by atoms with Gasteiger partial charge in [0.25, 0.3) is 0 Å². The van der Waals surface area contributed by atoms with Crippen LogP contribution >= 0.6 is 24.0 Å². The van der Waals surface area contributed by atoms with E-state index in [4.69, 9.17) is 12.2 Å². The molecule has 0 spiro atoms. The van der Waals surface area contributed by atoms with Crippen molar-refractivity contribution < 1.29 is 0 Å². The lowest BCUT2D eigenvalue weighted by molar-refractivity contribution is 0.394. The fraction of sp³-hybridized carbons (Fsp3) is 0.972. The second kappa shape index (κ2) is 34.4. The predicted molar refractivity (Wildman–Crippen MR) is 188 cm³/mol. The first-order valence-electron chi connectivity index (χ1n) is 18.2. The normalized spacial score (nSPS) is 11.4. The SMILES string of the molecule is CCCCCCCCCCCCCCCCN(CCCCCCCCCCCCCCCC)C(=S)SCCC. The van der Waals surface area contributed by atoms with Gasteiger partial charge in [-0.25, -0.2) is 0 Å². The third kappa shape index (κ3) is 31.0. The highest BCUT2D eigenvalue weighted by Crippen LogP contribution is 2.17. The van der Waals surface area contributed by atoms with Crippen LogP contribution < -0.4 is 0 Å². The third-order valence-electron chi connectivity index (χ3n) is 8.25. The zero-order chi connectivity index (χ0) is 28.5. The third-order valence-corrected chi connectivity index (χ3v) is 9.98. The molecular weight excluding hydrogens is 511 g/mol. The second-order valence-electron chi connectivity index (χ2n) is 12.3. The van der Waals surface area contributed by atoms with Gasteiger partial charge in [0.2, 0.25) is 0 Å². The summed E-state index contributed by atoms with van der Waals surface area (Å²) in [5.41, 5.74) is 0. The number of thiocarbonyl (C=S) groups is 1. The van der Waals surface area contributed by atoms with Crippen LogP contribution in [-0.4, -0.2) is 28.1 Å². The number of hydrogen-bond acceptors (Lipinski definition) is 2. The van der Waals surface area contributed by atoms with Crippen molar-refractivity contribution in [1.29, 1.82) is 0 Å². The molecule has 0 saturated heterocycles. The zero-order valence-electron chi connectivity index (χ0n) is 27.4. The lowest BCUT2D eigenvalue weighted by atomic mass is 10.0. The van der Waals surface area contributed by atoms with E-state index in [1.54, 1.807) is 0 Å². The summed E-state index contributed by atoms with van der Waals surface area (Å²) in [5.74, 6) is 1.17. The molecule has 0 bridgehead atoms. The first kappa shape index (κ1) is 39.2. The van der Waals surface area contributed by atoms with Crippen LogP contribution in [-0.2, 0) is 0 Å². The van der Waals surface area contributed by atoms with Crippen molar-refractivity contribution in [2.75, 3.05) is 18.8 Å². The zero-order valence-corrected chi connectivity index (χ0v) is 29.0. The molecule has 0 heterocycles. The Labute approximate surface area is 258 Å². The molecule has 1 nitrogen and oxygen atoms in total. The van der Waals surface area contributed by atoms with Gasteiger partial charge in [0.1, 0.15) is 4.32 Å². The summed E-state index contributed by atoms with van der Waals surface area (Å²) >= 11 is 7.74. The molecule has 0 aliphatic heterocycles. The quantitative estimate of drug-likeness (QED) is 0.0572. The highest BCUT2D eigenvalue weighted by Gasteiger charge is 2.09. The summed E-state index contributed by atoms with van der Waals surface area (Å²) in [7, 11) is 0. The molecule has 0 rings (SSSR count). The molecular formula is C36H73NS2. The van der Waals surface area contributed by atoms with E-state index in [9.17, 15) is 0 Å². The number of nitrogens with zero attached hydrogens (tertiary/aromatic N) is 1. The molecule has 0 radical (unpaired) electrons. The number of rotatable bonds is 32. The average molecular weight is 584 g/mol. The molecule has 0 aliphatic carbocycles. The van der Waals surface area contributed by atoms with Crippen molar-refractivity contribution in [2.24, 2.45) is 0 Å². The highest BCUT2D eigenvalue weighted by molar-refractivity contribution is 8.22. The monoisotopic (exact) mass is 584 g/mol. The Morgan fingerprint density at radius 2 is 0.641 bits per heavy atom. The molecule has 0 amide bonds. The van der Waals surface area contributed by atoms with Gasteiger partial charge in [-0.3, -0.25) is 0 Å². The molecule has 0 aromatic rings. The van der Waals surface area contributed by atoms with Gasteiger partial charge in [0.15, 0.2) is 0 Å². The molecule has 234 valence electrons. The standard InChI is InChI=1S/C36H73NS2/c1-4-7-9-11-13-15-17-19-21-23-25-27-29-31-33-37(36(38)39-35-6-3)34-32-30-28-26-24-22-20-18-16-14-12-10-8-5-2/h4-35H2,1-3H3. The lowest BCUT2D eigenvalue weighted by Crippen LogP contribution is -2.30. The molecule has 0 N–H and O–H groups in total. The maximum absolute atomic E-state index is 5.83. The molecule has 0 saturated carbocycles. The van der Waals surface area contributed by atoms with Crippen LogP contribution in [0.25, 0.3) is 0 Å². The predicted octanol–water partition coefficient (Wildman–Crippen LogP) is 13.7. The van der Waals surface area contributed by atoms with E-state index in [-0.39, 0.29) is 0 Å². The lowest BCUT2D eigenvalue weighted by Gasteiger charge is -2.25. The topological polar surface area (TPSA) is 3.24 Å². The van der Waals surface area contributed by atoms with Crippen molar-refractivity contribution in [1.82, 2.24) is 4.90 Å². The first-order chi connectivity index (χ1) is 19.3. The molecule has 0 fully saturated rings. The molecule has 0 aliphatic rings. The van der Waals surface area contributed by atoms with E-state index >= 15 is 0 Å². The van der Waals surface area contributed by atoms with Gasteiger partial charge >= 0.3 is 0 Å². The van der Waals surface area contributed by atoms with Crippen LogP contribution in [0.1, 0.15) is 207 Å². The maximum atomic E-state index is 5.83. The van der Waals surface area contributed by atoms with Crippen molar-refractivity contribution in [3.8, 4) is 0 Å². The molecule has 0 aromatic heterocycles. The van der Waals surface area contributed by atoms with E-state index < -0.39 is 0 Å². The highest BCUT2D eigenvalue weighted by atomic mass is 32.2. The van der Waals surface area contributed by atoms with E-state index in [0.29, 0.717) is 0 Å². The molecule has 0 unspecified atom stereocenters. The first-order valence-corrected chi connectivity index (χ1v) is 19.6. The Morgan fingerprint density at radius 1 is 0.385 bits per heavy atom. The number of unbranched alkanes of at least 4 members (excludes halogenated alkanes) is 26. The van der Waals surface area contributed by atoms with Crippen molar-refractivity contribution in [2.45, 2.75) is 207 Å².